The fourth-order valence-corrected chi connectivity index (χ4v) is 3.39. The molecule has 0 aliphatic carbocycles. The van der Waals surface area contributed by atoms with Crippen LogP contribution in [-0.4, -0.2) is 47.6 Å². The van der Waals surface area contributed by atoms with Gasteiger partial charge in [0.25, 0.3) is 0 Å². The average molecular weight is 433 g/mol. The molecule has 0 bridgehead atoms. The topological polar surface area (TPSA) is 67.3 Å². The molecule has 0 unspecified atom stereocenters. The highest BCUT2D eigenvalue weighted by Crippen LogP contribution is 2.19. The van der Waals surface area contributed by atoms with Gasteiger partial charge in [-0.1, -0.05) is 43.3 Å². The lowest BCUT2D eigenvalue weighted by molar-refractivity contribution is -0.131. The van der Waals surface area contributed by atoms with Crippen LogP contribution in [0.4, 0.5) is 0 Å². The van der Waals surface area contributed by atoms with Crippen LogP contribution in [-0.2, 0) is 29.0 Å². The summed E-state index contributed by atoms with van der Waals surface area (Å²) in [6.07, 6.45) is 6.83. The maximum atomic E-state index is 12.9. The summed E-state index contributed by atoms with van der Waals surface area (Å²) in [5.74, 6) is 0.0630. The smallest absolute Gasteiger partial charge is 0.227 e. The van der Waals surface area contributed by atoms with Crippen molar-refractivity contribution in [1.29, 1.82) is 0 Å². The second-order valence-electron chi connectivity index (χ2n) is 7.77. The van der Waals surface area contributed by atoms with E-state index in [0.29, 0.717) is 26.1 Å². The Morgan fingerprint density at radius 3 is 2.50 bits per heavy atom. The second kappa shape index (κ2) is 12.7. The summed E-state index contributed by atoms with van der Waals surface area (Å²) in [5.41, 5.74) is 5.17. The molecule has 0 radical (unpaired) electrons. The minimum atomic E-state index is 0.0630. The molecule has 0 saturated heterocycles. The molecule has 6 heteroatoms. The van der Waals surface area contributed by atoms with E-state index >= 15 is 0 Å². The van der Waals surface area contributed by atoms with Crippen LogP contribution in [0.3, 0.4) is 0 Å². The van der Waals surface area contributed by atoms with Crippen LogP contribution < -0.4 is 5.32 Å². The van der Waals surface area contributed by atoms with Crippen molar-refractivity contribution in [3.05, 3.63) is 83.8 Å². The monoisotopic (exact) mass is 432 g/mol. The molecule has 0 saturated carbocycles. The lowest BCUT2D eigenvalue weighted by Crippen LogP contribution is -2.34. The lowest BCUT2D eigenvalue weighted by atomic mass is 10.1. The van der Waals surface area contributed by atoms with Crippen LogP contribution in [0, 0.1) is 0 Å². The van der Waals surface area contributed by atoms with Gasteiger partial charge in [0.05, 0.1) is 18.7 Å². The van der Waals surface area contributed by atoms with Crippen molar-refractivity contribution >= 4 is 5.91 Å². The third-order valence-corrected chi connectivity index (χ3v) is 5.20. The zero-order chi connectivity index (χ0) is 22.6. The van der Waals surface area contributed by atoms with Crippen LogP contribution in [0.5, 0.6) is 0 Å². The number of carbonyl (C=O) groups excluding carboxylic acids is 1. The molecule has 2 aromatic heterocycles. The van der Waals surface area contributed by atoms with Crippen molar-refractivity contribution in [2.24, 2.45) is 0 Å². The number of carbonyl (C=O) groups is 1. The molecular weight excluding hydrogens is 400 g/mol. The fourth-order valence-electron chi connectivity index (χ4n) is 3.39. The molecule has 0 spiro atoms. The van der Waals surface area contributed by atoms with Gasteiger partial charge >= 0.3 is 0 Å². The molecule has 0 aliphatic rings. The van der Waals surface area contributed by atoms with Gasteiger partial charge < -0.3 is 15.0 Å². The summed E-state index contributed by atoms with van der Waals surface area (Å²) in [7, 11) is 1.65. The molecule has 1 aromatic carbocycles. The van der Waals surface area contributed by atoms with E-state index in [0.717, 1.165) is 41.9 Å². The molecule has 0 fully saturated rings. The molecule has 6 nitrogen and oxygen atoms in total. The Kier molecular flexibility index (Phi) is 9.35. The van der Waals surface area contributed by atoms with E-state index in [2.05, 4.69) is 58.6 Å². The number of nitrogens with one attached hydrogen (secondary N) is 1. The number of benzene rings is 1. The summed E-state index contributed by atoms with van der Waals surface area (Å²) in [6.45, 7) is 5.59. The minimum Gasteiger partial charge on any atom is -0.383 e. The number of rotatable bonds is 12. The van der Waals surface area contributed by atoms with E-state index in [1.165, 1.54) is 5.56 Å². The first kappa shape index (κ1) is 23.6. The molecule has 3 aromatic rings. The minimum absolute atomic E-state index is 0.0630. The third-order valence-electron chi connectivity index (χ3n) is 5.20. The number of amides is 1. The summed E-state index contributed by atoms with van der Waals surface area (Å²) in [5, 5.41) is 3.39. The first-order valence-corrected chi connectivity index (χ1v) is 11.1. The van der Waals surface area contributed by atoms with E-state index in [4.69, 9.17) is 4.74 Å². The number of hydrogen-bond donors (Lipinski definition) is 1. The highest BCUT2D eigenvalue weighted by Gasteiger charge is 2.15. The summed E-state index contributed by atoms with van der Waals surface area (Å²) in [4.78, 5) is 23.4. The number of ether oxygens (including phenoxy) is 1. The predicted octanol–water partition coefficient (Wildman–Crippen LogP) is 3.86. The molecule has 0 aliphatic heterocycles. The molecule has 168 valence electrons. The zero-order valence-electron chi connectivity index (χ0n) is 19.0. The van der Waals surface area contributed by atoms with Gasteiger partial charge in [0.15, 0.2) is 0 Å². The molecule has 1 N–H and O–H groups in total. The maximum Gasteiger partial charge on any atom is 0.227 e. The number of hydrogen-bond acceptors (Lipinski definition) is 5. The molecule has 2 heterocycles. The van der Waals surface area contributed by atoms with Gasteiger partial charge in [-0.2, -0.15) is 0 Å². The summed E-state index contributed by atoms with van der Waals surface area (Å²) >= 11 is 0. The summed E-state index contributed by atoms with van der Waals surface area (Å²) in [6, 6.07) is 16.2. The Morgan fingerprint density at radius 1 is 1.03 bits per heavy atom. The van der Waals surface area contributed by atoms with Crippen molar-refractivity contribution in [2.75, 3.05) is 26.8 Å². The molecule has 0 atom stereocenters. The van der Waals surface area contributed by atoms with E-state index in [1.54, 1.807) is 19.5 Å². The van der Waals surface area contributed by atoms with Gasteiger partial charge in [0, 0.05) is 50.9 Å². The third kappa shape index (κ3) is 7.25. The fraction of sp³-hybridized carbons (Fsp3) is 0.346. The summed E-state index contributed by atoms with van der Waals surface area (Å²) < 4.78 is 5.21. The van der Waals surface area contributed by atoms with Crippen LogP contribution in [0.1, 0.15) is 30.0 Å². The van der Waals surface area contributed by atoms with Crippen molar-refractivity contribution in [1.82, 2.24) is 20.2 Å². The Bertz CT molecular complexity index is 944. The van der Waals surface area contributed by atoms with Crippen molar-refractivity contribution in [3.8, 4) is 11.3 Å². The molecule has 3 rings (SSSR count). The standard InChI is InChI=1S/C26H32N4O2/c1-3-12-27-18-23-8-11-25(29-19-23)24-9-6-21(7-10-24)20-30(14-15-32-2)26(31)16-22-5-4-13-28-17-22/h4-11,13,17,19,27H,3,12,14-16,18,20H2,1-2H3. The first-order valence-electron chi connectivity index (χ1n) is 11.1. The zero-order valence-corrected chi connectivity index (χ0v) is 19.0. The predicted molar refractivity (Wildman–Crippen MR) is 127 cm³/mol. The highest BCUT2D eigenvalue weighted by molar-refractivity contribution is 5.78. The van der Waals surface area contributed by atoms with Crippen molar-refractivity contribution in [3.63, 3.8) is 0 Å². The number of methoxy groups -OCH3 is 1. The second-order valence-corrected chi connectivity index (χ2v) is 7.77. The van der Waals surface area contributed by atoms with Gasteiger partial charge in [-0.15, -0.1) is 0 Å². The van der Waals surface area contributed by atoms with Crippen LogP contribution >= 0.6 is 0 Å². The number of nitrogens with zero attached hydrogens (tertiary/aromatic N) is 3. The highest BCUT2D eigenvalue weighted by atomic mass is 16.5. The van der Waals surface area contributed by atoms with E-state index in [-0.39, 0.29) is 5.91 Å². The average Bonchev–Trinajstić information content (AvgIpc) is 2.83. The van der Waals surface area contributed by atoms with E-state index in [9.17, 15) is 4.79 Å². The largest absolute Gasteiger partial charge is 0.383 e. The number of aromatic nitrogens is 2. The van der Waals surface area contributed by atoms with Crippen LogP contribution in [0.2, 0.25) is 0 Å². The molecule has 1 amide bonds. The lowest BCUT2D eigenvalue weighted by Gasteiger charge is -2.23. The Labute approximate surface area is 190 Å². The van der Waals surface area contributed by atoms with Gasteiger partial charge in [-0.25, -0.2) is 0 Å². The number of pyridine rings is 2. The van der Waals surface area contributed by atoms with Crippen molar-refractivity contribution in [2.45, 2.75) is 32.9 Å². The van der Waals surface area contributed by atoms with Crippen LogP contribution in [0.25, 0.3) is 11.3 Å². The maximum absolute atomic E-state index is 12.9. The molecule has 32 heavy (non-hydrogen) atoms. The van der Waals surface area contributed by atoms with Gasteiger partial charge in [-0.05, 0) is 41.8 Å². The van der Waals surface area contributed by atoms with E-state index < -0.39 is 0 Å². The van der Waals surface area contributed by atoms with Crippen LogP contribution in [0.15, 0.2) is 67.1 Å². The van der Waals surface area contributed by atoms with Gasteiger partial charge in [-0.3, -0.25) is 14.8 Å². The molecular formula is C26H32N4O2. The van der Waals surface area contributed by atoms with E-state index in [1.807, 2.05) is 23.2 Å². The van der Waals surface area contributed by atoms with Crippen molar-refractivity contribution < 1.29 is 9.53 Å². The quantitative estimate of drug-likeness (QED) is 0.440. The first-order chi connectivity index (χ1) is 15.7. The van der Waals surface area contributed by atoms with Gasteiger partial charge in [0.1, 0.15) is 0 Å². The Balaban J connectivity index is 1.63. The van der Waals surface area contributed by atoms with Gasteiger partial charge in [0.2, 0.25) is 5.91 Å². The normalized spacial score (nSPS) is 10.8. The Morgan fingerprint density at radius 2 is 1.84 bits per heavy atom. The SMILES string of the molecule is CCCNCc1ccc(-c2ccc(CN(CCOC)C(=O)Cc3cccnc3)cc2)nc1. The Hall–Kier alpha value is -3.09.